The Balaban J connectivity index is 1.56. The number of rotatable bonds is 6. The van der Waals surface area contributed by atoms with Crippen LogP contribution < -0.4 is 16.0 Å². The lowest BCUT2D eigenvalue weighted by Gasteiger charge is -2.22. The Morgan fingerprint density at radius 2 is 1.81 bits per heavy atom. The van der Waals surface area contributed by atoms with Crippen molar-refractivity contribution in [2.24, 2.45) is 0 Å². The number of pyridine rings is 1. The monoisotopic (exact) mass is 499 g/mol. The molecule has 0 saturated heterocycles. The summed E-state index contributed by atoms with van der Waals surface area (Å²) in [7, 11) is 1.58. The van der Waals surface area contributed by atoms with Gasteiger partial charge in [-0.3, -0.25) is 13.9 Å². The number of amides is 3. The van der Waals surface area contributed by atoms with E-state index in [0.717, 1.165) is 16.8 Å². The highest BCUT2D eigenvalue weighted by Crippen LogP contribution is 2.28. The largest absolute Gasteiger partial charge is 0.405 e. The lowest BCUT2D eigenvalue weighted by molar-refractivity contribution is -0.128. The van der Waals surface area contributed by atoms with E-state index >= 15 is 0 Å². The van der Waals surface area contributed by atoms with Crippen molar-refractivity contribution in [2.45, 2.75) is 25.6 Å². The minimum Gasteiger partial charge on any atom is -0.357 e. The van der Waals surface area contributed by atoms with Gasteiger partial charge in [0.05, 0.1) is 18.1 Å². The molecule has 0 fully saturated rings. The molecule has 0 saturated carbocycles. The van der Waals surface area contributed by atoms with Crippen LogP contribution in [-0.2, 0) is 10.3 Å². The number of nitrogens with zero attached hydrogens (tertiary/aromatic N) is 4. The number of carbonyl (C=O) groups excluding carboxylic acids is 2. The first-order valence-electron chi connectivity index (χ1n) is 10.9. The quantitative estimate of drug-likeness (QED) is 0.373. The number of fused-ring (bicyclic) bond motifs is 1. The maximum absolute atomic E-state index is 12.3. The third-order valence-corrected chi connectivity index (χ3v) is 5.65. The molecule has 0 unspecified atom stereocenters. The molecule has 3 aromatic heterocycles. The van der Waals surface area contributed by atoms with Crippen molar-refractivity contribution >= 4 is 23.3 Å². The van der Waals surface area contributed by atoms with E-state index in [-0.39, 0.29) is 5.91 Å². The van der Waals surface area contributed by atoms with Gasteiger partial charge in [-0.15, -0.1) is 0 Å². The van der Waals surface area contributed by atoms with Crippen LogP contribution in [0.25, 0.3) is 28.0 Å². The number of hydrogen-bond donors (Lipinski definition) is 3. The summed E-state index contributed by atoms with van der Waals surface area (Å²) in [6.07, 6.45) is 2.49. The zero-order valence-corrected chi connectivity index (χ0v) is 19.7. The summed E-state index contributed by atoms with van der Waals surface area (Å²) < 4.78 is 40.4. The molecule has 0 bridgehead atoms. The number of imidazole rings is 1. The van der Waals surface area contributed by atoms with Gasteiger partial charge >= 0.3 is 12.2 Å². The van der Waals surface area contributed by atoms with Crippen molar-refractivity contribution < 1.29 is 22.8 Å². The van der Waals surface area contributed by atoms with Gasteiger partial charge in [0.25, 0.3) is 0 Å². The topological polar surface area (TPSA) is 105 Å². The molecule has 9 nitrogen and oxygen atoms in total. The van der Waals surface area contributed by atoms with Crippen LogP contribution in [0.1, 0.15) is 13.8 Å². The molecule has 1 aromatic carbocycles. The minimum atomic E-state index is -4.49. The highest BCUT2D eigenvalue weighted by molar-refractivity contribution is 5.90. The summed E-state index contributed by atoms with van der Waals surface area (Å²) in [5.41, 5.74) is 3.24. The maximum atomic E-state index is 12.3. The number of benzene rings is 1. The number of carbonyl (C=O) groups is 2. The van der Waals surface area contributed by atoms with Gasteiger partial charge in [-0.2, -0.15) is 18.3 Å². The maximum Gasteiger partial charge on any atom is 0.405 e. The number of aromatic nitrogens is 4. The molecule has 0 aliphatic heterocycles. The molecule has 0 aliphatic rings. The van der Waals surface area contributed by atoms with Crippen molar-refractivity contribution in [1.29, 1.82) is 0 Å². The van der Waals surface area contributed by atoms with Gasteiger partial charge in [-0.05, 0) is 43.7 Å². The van der Waals surface area contributed by atoms with E-state index in [9.17, 15) is 22.8 Å². The van der Waals surface area contributed by atoms with Crippen LogP contribution in [-0.4, -0.2) is 50.9 Å². The SMILES string of the molecule is CNC(=O)C(C)(C)n1cc(-c2ccn3c(-c4cccc(NC(=O)NCC(F)(F)F)c4)cnc3c2)cn1. The van der Waals surface area contributed by atoms with Crippen molar-refractivity contribution in [3.05, 3.63) is 61.2 Å². The van der Waals surface area contributed by atoms with Gasteiger partial charge in [-0.25, -0.2) is 9.78 Å². The molecule has 0 radical (unpaired) electrons. The van der Waals surface area contributed by atoms with E-state index in [2.05, 4.69) is 20.7 Å². The van der Waals surface area contributed by atoms with E-state index in [4.69, 9.17) is 0 Å². The number of nitrogens with one attached hydrogen (secondary N) is 3. The predicted octanol–water partition coefficient (Wildman–Crippen LogP) is 4.03. The highest BCUT2D eigenvalue weighted by Gasteiger charge is 2.30. The first-order chi connectivity index (χ1) is 17.0. The third kappa shape index (κ3) is 5.16. The zero-order valence-electron chi connectivity index (χ0n) is 19.7. The summed E-state index contributed by atoms with van der Waals surface area (Å²) in [5.74, 6) is -0.167. The molecule has 3 amide bonds. The van der Waals surface area contributed by atoms with E-state index in [1.807, 2.05) is 22.7 Å². The number of alkyl halides is 3. The molecule has 12 heteroatoms. The van der Waals surface area contributed by atoms with Gasteiger partial charge in [0.2, 0.25) is 5.91 Å². The standard InChI is InChI=1S/C24H24F3N7O2/c1-23(2,21(35)28-3)34-13-17(11-31-34)15-7-8-33-19(12-29-20(33)10-15)16-5-4-6-18(9-16)32-22(36)30-14-24(25,26)27/h4-13H,14H2,1-3H3,(H,28,35)(H2,30,32,36). The number of hydrogen-bond acceptors (Lipinski definition) is 4. The van der Waals surface area contributed by atoms with Gasteiger partial charge in [0, 0.05) is 36.3 Å². The zero-order chi connectivity index (χ0) is 26.1. The second kappa shape index (κ2) is 9.36. The normalized spacial score (nSPS) is 11.9. The second-order valence-electron chi connectivity index (χ2n) is 8.60. The van der Waals surface area contributed by atoms with Crippen molar-refractivity contribution in [3.8, 4) is 22.4 Å². The van der Waals surface area contributed by atoms with E-state index < -0.39 is 24.3 Å². The Kier molecular flexibility index (Phi) is 6.44. The number of halogens is 3. The van der Waals surface area contributed by atoms with Crippen LogP contribution in [0, 0.1) is 0 Å². The Labute approximate surface area is 204 Å². The van der Waals surface area contributed by atoms with Crippen LogP contribution in [0.2, 0.25) is 0 Å². The van der Waals surface area contributed by atoms with Crippen molar-refractivity contribution in [1.82, 2.24) is 29.8 Å². The van der Waals surface area contributed by atoms with Crippen LogP contribution >= 0.6 is 0 Å². The van der Waals surface area contributed by atoms with Gasteiger partial charge < -0.3 is 16.0 Å². The molecule has 188 valence electrons. The van der Waals surface area contributed by atoms with E-state index in [0.29, 0.717) is 16.9 Å². The number of anilines is 1. The minimum absolute atomic E-state index is 0.167. The van der Waals surface area contributed by atoms with E-state index in [1.165, 1.54) is 0 Å². The molecule has 4 aromatic rings. The summed E-state index contributed by atoms with van der Waals surface area (Å²) in [5, 5.41) is 11.2. The molecule has 3 heterocycles. The molecule has 0 aliphatic carbocycles. The van der Waals surface area contributed by atoms with Crippen LogP contribution in [0.5, 0.6) is 0 Å². The Morgan fingerprint density at radius 1 is 1.03 bits per heavy atom. The Morgan fingerprint density at radius 3 is 2.53 bits per heavy atom. The van der Waals surface area contributed by atoms with Crippen LogP contribution in [0.15, 0.2) is 61.2 Å². The lowest BCUT2D eigenvalue weighted by atomic mass is 10.1. The van der Waals surface area contributed by atoms with Gasteiger partial charge in [-0.1, -0.05) is 12.1 Å². The summed E-state index contributed by atoms with van der Waals surface area (Å²) in [6.45, 7) is 2.13. The van der Waals surface area contributed by atoms with Gasteiger partial charge in [0.1, 0.15) is 17.7 Å². The Bertz CT molecular complexity index is 1420. The lowest BCUT2D eigenvalue weighted by Crippen LogP contribution is -2.43. The summed E-state index contributed by atoms with van der Waals surface area (Å²) in [6, 6.07) is 9.54. The third-order valence-electron chi connectivity index (χ3n) is 5.65. The number of urea groups is 1. The van der Waals surface area contributed by atoms with Crippen LogP contribution in [0.3, 0.4) is 0 Å². The van der Waals surface area contributed by atoms with Gasteiger partial charge in [0.15, 0.2) is 0 Å². The van der Waals surface area contributed by atoms with Crippen LogP contribution in [0.4, 0.5) is 23.7 Å². The van der Waals surface area contributed by atoms with E-state index in [1.54, 1.807) is 73.7 Å². The molecule has 4 rings (SSSR count). The molecular formula is C24H24F3N7O2. The average Bonchev–Trinajstić information content (AvgIpc) is 3.49. The molecule has 0 spiro atoms. The summed E-state index contributed by atoms with van der Waals surface area (Å²) >= 11 is 0. The van der Waals surface area contributed by atoms with Crippen molar-refractivity contribution in [2.75, 3.05) is 18.9 Å². The smallest absolute Gasteiger partial charge is 0.357 e. The molecule has 36 heavy (non-hydrogen) atoms. The average molecular weight is 499 g/mol. The fourth-order valence-corrected chi connectivity index (χ4v) is 3.67. The molecule has 0 atom stereocenters. The highest BCUT2D eigenvalue weighted by atomic mass is 19.4. The fourth-order valence-electron chi connectivity index (χ4n) is 3.67. The number of likely N-dealkylation sites (N-methyl/N-ethyl adjacent to an activating group) is 1. The first kappa shape index (κ1) is 24.8. The summed E-state index contributed by atoms with van der Waals surface area (Å²) in [4.78, 5) is 28.5. The fraction of sp³-hybridized carbons (Fsp3) is 0.250. The van der Waals surface area contributed by atoms with Crippen molar-refractivity contribution in [3.63, 3.8) is 0 Å². The molecule has 3 N–H and O–H groups in total. The second-order valence-corrected chi connectivity index (χ2v) is 8.60. The first-order valence-corrected chi connectivity index (χ1v) is 10.9. The predicted molar refractivity (Wildman–Crippen MR) is 128 cm³/mol. The molecular weight excluding hydrogens is 475 g/mol. The Hall–Kier alpha value is -4.35.